The third-order valence-electron chi connectivity index (χ3n) is 0.708. The zero-order chi connectivity index (χ0) is 8.15. The Bertz CT molecular complexity index is 178. The molecule has 0 saturated carbocycles. The van der Waals surface area contributed by atoms with E-state index in [1.807, 2.05) is 0 Å². The number of rotatable bonds is 3. The fourth-order valence-corrected chi connectivity index (χ4v) is 0.469. The van der Waals surface area contributed by atoms with Crippen molar-refractivity contribution in [3.05, 3.63) is 12.2 Å². The van der Waals surface area contributed by atoms with E-state index < -0.39 is 12.0 Å². The lowest BCUT2D eigenvalue weighted by atomic mass is 10.3. The topological polar surface area (TPSA) is 80.4 Å². The van der Waals surface area contributed by atoms with Crippen LogP contribution in [0.25, 0.3) is 0 Å². The summed E-state index contributed by atoms with van der Waals surface area (Å²) in [4.78, 5) is 20.2. The molecule has 0 aliphatic carbocycles. The predicted octanol–water partition coefficient (Wildman–Crippen LogP) is -0.0839. The van der Waals surface area contributed by atoms with Crippen molar-refractivity contribution in [1.29, 1.82) is 0 Å². The van der Waals surface area contributed by atoms with E-state index in [2.05, 4.69) is 0 Å². The number of carbonyl (C=O) groups is 2. The molecule has 56 valence electrons. The molecule has 0 amide bonds. The molecule has 0 bridgehead atoms. The molecule has 0 saturated heterocycles. The molecule has 10 heavy (non-hydrogen) atoms. The number of nitrogens with two attached hydrogens (primary N) is 1. The fraction of sp³-hybridized carbons (Fsp3) is 0.200. The average molecular weight is 255 g/mol. The highest BCUT2D eigenvalue weighted by atomic mass is 127. The van der Waals surface area contributed by atoms with Crippen LogP contribution < -0.4 is 5.73 Å². The Morgan fingerprint density at radius 3 is 2.40 bits per heavy atom. The lowest BCUT2D eigenvalue weighted by Crippen LogP contribution is -2.23. The maximum absolute atomic E-state index is 10.4. The number of carboxylic acids is 1. The summed E-state index contributed by atoms with van der Waals surface area (Å²) in [5.74, 6) is -1.10. The van der Waals surface area contributed by atoms with Gasteiger partial charge in [-0.3, -0.25) is 4.79 Å². The average Bonchev–Trinajstić information content (AvgIpc) is 1.82. The smallest absolute Gasteiger partial charge is 0.328 e. The molecule has 0 aromatic heterocycles. The second-order valence-electron chi connectivity index (χ2n) is 1.53. The standard InChI is InChI=1S/C5H6INO3/c6-5(10)3(7)1-2-4(8)9/h1-3H,7H2,(H,8,9)/b2-1+. The van der Waals surface area contributed by atoms with Crippen LogP contribution in [0.4, 0.5) is 0 Å². The molecule has 1 unspecified atom stereocenters. The number of hydrogen-bond donors (Lipinski definition) is 2. The van der Waals surface area contributed by atoms with Gasteiger partial charge < -0.3 is 10.8 Å². The molecule has 0 spiro atoms. The first kappa shape index (κ1) is 9.57. The molecule has 0 radical (unpaired) electrons. The molecule has 4 nitrogen and oxygen atoms in total. The van der Waals surface area contributed by atoms with Crippen molar-refractivity contribution in [3.8, 4) is 0 Å². The van der Waals surface area contributed by atoms with Crippen molar-refractivity contribution >= 4 is 32.4 Å². The van der Waals surface area contributed by atoms with Crippen molar-refractivity contribution in [3.63, 3.8) is 0 Å². The Balaban J connectivity index is 3.89. The van der Waals surface area contributed by atoms with E-state index >= 15 is 0 Å². The molecule has 5 heteroatoms. The number of aliphatic carboxylic acids is 1. The Hall–Kier alpha value is -0.430. The fourth-order valence-electron chi connectivity index (χ4n) is 0.262. The van der Waals surface area contributed by atoms with Gasteiger partial charge in [-0.25, -0.2) is 4.79 Å². The summed E-state index contributed by atoms with van der Waals surface area (Å²) in [5.41, 5.74) is 5.16. The maximum atomic E-state index is 10.4. The van der Waals surface area contributed by atoms with Gasteiger partial charge in [-0.1, -0.05) is 6.08 Å². The monoisotopic (exact) mass is 255 g/mol. The molecule has 0 aliphatic rings. The molecule has 0 fully saturated rings. The van der Waals surface area contributed by atoms with E-state index in [0.29, 0.717) is 0 Å². The van der Waals surface area contributed by atoms with E-state index in [0.717, 1.165) is 12.2 Å². The van der Waals surface area contributed by atoms with E-state index in [-0.39, 0.29) is 3.79 Å². The van der Waals surface area contributed by atoms with Crippen LogP contribution in [-0.4, -0.2) is 20.9 Å². The second-order valence-corrected chi connectivity index (χ2v) is 2.59. The van der Waals surface area contributed by atoms with Gasteiger partial charge in [-0.15, -0.1) is 0 Å². The molecule has 3 N–H and O–H groups in total. The molecule has 0 aromatic rings. The first-order valence-corrected chi connectivity index (χ1v) is 3.48. The van der Waals surface area contributed by atoms with Gasteiger partial charge >= 0.3 is 5.97 Å². The molecule has 0 aliphatic heterocycles. The van der Waals surface area contributed by atoms with E-state index in [1.54, 1.807) is 0 Å². The van der Waals surface area contributed by atoms with Crippen molar-refractivity contribution in [2.75, 3.05) is 0 Å². The molecular formula is C5H6INO3. The van der Waals surface area contributed by atoms with Gasteiger partial charge in [0.1, 0.15) is 0 Å². The number of carbonyl (C=O) groups excluding carboxylic acids is 1. The highest BCUT2D eigenvalue weighted by Crippen LogP contribution is 1.92. The van der Waals surface area contributed by atoms with Crippen LogP contribution in [0.15, 0.2) is 12.2 Å². The predicted molar refractivity (Wildman–Crippen MR) is 43.8 cm³/mol. The Labute approximate surface area is 71.2 Å². The lowest BCUT2D eigenvalue weighted by molar-refractivity contribution is -0.131. The van der Waals surface area contributed by atoms with E-state index in [4.69, 9.17) is 10.8 Å². The lowest BCUT2D eigenvalue weighted by Gasteiger charge is -1.94. The summed E-state index contributed by atoms with van der Waals surface area (Å²) in [6.45, 7) is 0. The summed E-state index contributed by atoms with van der Waals surface area (Å²) in [5, 5.41) is 8.09. The van der Waals surface area contributed by atoms with Crippen LogP contribution in [0, 0.1) is 0 Å². The van der Waals surface area contributed by atoms with Gasteiger partial charge in [0.25, 0.3) is 0 Å². The summed E-state index contributed by atoms with van der Waals surface area (Å²) in [7, 11) is 0. The van der Waals surface area contributed by atoms with Crippen LogP contribution in [0.1, 0.15) is 0 Å². The summed E-state index contributed by atoms with van der Waals surface area (Å²) < 4.78 is -0.282. The molecule has 0 heterocycles. The van der Waals surface area contributed by atoms with Gasteiger partial charge in [0.2, 0.25) is 3.79 Å². The minimum atomic E-state index is -1.10. The van der Waals surface area contributed by atoms with Crippen LogP contribution in [0.5, 0.6) is 0 Å². The molecule has 1 atom stereocenters. The number of halogens is 1. The Morgan fingerprint density at radius 2 is 2.10 bits per heavy atom. The second kappa shape index (κ2) is 4.40. The van der Waals surface area contributed by atoms with Crippen molar-refractivity contribution in [2.24, 2.45) is 5.73 Å². The quantitative estimate of drug-likeness (QED) is 0.419. The normalized spacial score (nSPS) is 13.4. The number of hydrogen-bond acceptors (Lipinski definition) is 3. The van der Waals surface area contributed by atoms with Gasteiger partial charge in [0, 0.05) is 28.7 Å². The molecule has 0 aromatic carbocycles. The van der Waals surface area contributed by atoms with Gasteiger partial charge in [0.05, 0.1) is 6.04 Å². The maximum Gasteiger partial charge on any atom is 0.328 e. The van der Waals surface area contributed by atoms with E-state index in [1.165, 1.54) is 22.6 Å². The minimum absolute atomic E-state index is 0.282. The van der Waals surface area contributed by atoms with Crippen molar-refractivity contribution in [1.82, 2.24) is 0 Å². The summed E-state index contributed by atoms with van der Waals surface area (Å²) in [6.07, 6.45) is 1.98. The van der Waals surface area contributed by atoms with Crippen molar-refractivity contribution < 1.29 is 14.7 Å². The first-order chi connectivity index (χ1) is 4.54. The summed E-state index contributed by atoms with van der Waals surface area (Å²) >= 11 is 1.51. The van der Waals surface area contributed by atoms with Crippen LogP contribution >= 0.6 is 22.6 Å². The van der Waals surface area contributed by atoms with Crippen molar-refractivity contribution in [2.45, 2.75) is 6.04 Å². The van der Waals surface area contributed by atoms with Gasteiger partial charge in [0.15, 0.2) is 0 Å². The van der Waals surface area contributed by atoms with Gasteiger partial charge in [-0.05, 0) is 0 Å². The van der Waals surface area contributed by atoms with Crippen LogP contribution in [0.3, 0.4) is 0 Å². The highest BCUT2D eigenvalue weighted by molar-refractivity contribution is 14.1. The molecule has 0 rings (SSSR count). The highest BCUT2D eigenvalue weighted by Gasteiger charge is 2.04. The SMILES string of the molecule is NC(/C=C/C(=O)O)C(=O)I. The zero-order valence-electron chi connectivity index (χ0n) is 4.95. The van der Waals surface area contributed by atoms with E-state index in [9.17, 15) is 9.59 Å². The Kier molecular flexibility index (Phi) is 4.21. The molecular weight excluding hydrogens is 249 g/mol. The van der Waals surface area contributed by atoms with Gasteiger partial charge in [-0.2, -0.15) is 0 Å². The summed E-state index contributed by atoms with van der Waals surface area (Å²) in [6, 6.07) is -0.809. The Morgan fingerprint density at radius 1 is 1.60 bits per heavy atom. The number of carboxylic acid groups (broad SMARTS) is 1. The minimum Gasteiger partial charge on any atom is -0.478 e. The third kappa shape index (κ3) is 4.45. The van der Waals surface area contributed by atoms with Crippen LogP contribution in [-0.2, 0) is 9.59 Å². The first-order valence-electron chi connectivity index (χ1n) is 2.40. The third-order valence-corrected chi connectivity index (χ3v) is 1.43. The zero-order valence-corrected chi connectivity index (χ0v) is 7.11. The largest absolute Gasteiger partial charge is 0.478 e. The van der Waals surface area contributed by atoms with Crippen LogP contribution in [0.2, 0.25) is 0 Å².